The van der Waals surface area contributed by atoms with Crippen molar-refractivity contribution in [2.75, 3.05) is 33.2 Å². The smallest absolute Gasteiger partial charge is 0.260 e. The first-order valence-corrected chi connectivity index (χ1v) is 9.90. The Bertz CT molecular complexity index is 1150. The minimum Gasteiger partial charge on any atom is -0.491 e. The minimum absolute atomic E-state index is 0.0548. The maximum absolute atomic E-state index is 13.2. The maximum atomic E-state index is 13.2. The van der Waals surface area contributed by atoms with Crippen LogP contribution in [0.2, 0.25) is 0 Å². The van der Waals surface area contributed by atoms with E-state index in [-0.39, 0.29) is 5.91 Å². The zero-order chi connectivity index (χ0) is 22.1. The van der Waals surface area contributed by atoms with Crippen molar-refractivity contribution in [3.8, 4) is 22.9 Å². The van der Waals surface area contributed by atoms with Gasteiger partial charge in [-0.2, -0.15) is 0 Å². The highest BCUT2D eigenvalue weighted by Crippen LogP contribution is 2.34. The number of aromatic nitrogens is 3. The van der Waals surface area contributed by atoms with Gasteiger partial charge >= 0.3 is 0 Å². The van der Waals surface area contributed by atoms with E-state index in [4.69, 9.17) is 14.5 Å². The van der Waals surface area contributed by atoms with Crippen molar-refractivity contribution in [3.05, 3.63) is 59.2 Å². The van der Waals surface area contributed by atoms with Crippen molar-refractivity contribution in [1.29, 1.82) is 0 Å². The molecule has 8 heteroatoms. The molecule has 0 spiro atoms. The molecule has 0 fully saturated rings. The summed E-state index contributed by atoms with van der Waals surface area (Å²) in [6.45, 7) is 3.08. The number of carbonyl (C=O) groups is 1. The molecule has 1 aliphatic rings. The third-order valence-electron chi connectivity index (χ3n) is 5.18. The molecule has 4 heterocycles. The van der Waals surface area contributed by atoms with Crippen LogP contribution in [-0.4, -0.2) is 54.1 Å². The van der Waals surface area contributed by atoms with Crippen LogP contribution in [0.25, 0.3) is 11.3 Å². The summed E-state index contributed by atoms with van der Waals surface area (Å²) in [5.74, 6) is 0.887. The summed E-state index contributed by atoms with van der Waals surface area (Å²) in [7, 11) is 7.12. The van der Waals surface area contributed by atoms with Crippen molar-refractivity contribution in [2.24, 2.45) is 0 Å². The van der Waals surface area contributed by atoms with E-state index in [0.717, 1.165) is 40.3 Å². The van der Waals surface area contributed by atoms with Crippen LogP contribution in [0.1, 0.15) is 27.2 Å². The molecule has 0 aromatic carbocycles. The molecule has 3 aromatic rings. The zero-order valence-electron chi connectivity index (χ0n) is 18.3. The lowest BCUT2D eigenvalue weighted by Gasteiger charge is -2.17. The minimum atomic E-state index is -0.0548. The number of carbonyl (C=O) groups excluding carboxylic acids is 1. The fraction of sp³-hybridized carbons (Fsp3) is 0.304. The number of ether oxygens (including phenoxy) is 2. The summed E-state index contributed by atoms with van der Waals surface area (Å²) < 4.78 is 10.6. The number of hydrogen-bond acceptors (Lipinski definition) is 7. The second-order valence-corrected chi connectivity index (χ2v) is 7.76. The zero-order valence-corrected chi connectivity index (χ0v) is 18.3. The molecule has 31 heavy (non-hydrogen) atoms. The molecule has 0 unspecified atom stereocenters. The predicted molar refractivity (Wildman–Crippen MR) is 117 cm³/mol. The van der Waals surface area contributed by atoms with Gasteiger partial charge in [-0.3, -0.25) is 14.8 Å². The first-order chi connectivity index (χ1) is 14.9. The highest BCUT2D eigenvalue weighted by Gasteiger charge is 2.32. The highest BCUT2D eigenvalue weighted by molar-refractivity contribution is 6.10. The molecule has 0 radical (unpaired) electrons. The number of fused-ring (bicyclic) bond motifs is 1. The summed E-state index contributed by atoms with van der Waals surface area (Å²) in [5, 5.41) is 0. The van der Waals surface area contributed by atoms with Crippen LogP contribution >= 0.6 is 0 Å². The molecule has 0 saturated carbocycles. The van der Waals surface area contributed by atoms with Crippen molar-refractivity contribution < 1.29 is 14.3 Å². The Balaban J connectivity index is 1.69. The monoisotopic (exact) mass is 419 g/mol. The fourth-order valence-electron chi connectivity index (χ4n) is 3.80. The number of nitrogens with zero attached hydrogens (tertiary/aromatic N) is 5. The van der Waals surface area contributed by atoms with Gasteiger partial charge in [-0.15, -0.1) is 0 Å². The molecule has 0 saturated heterocycles. The molecular formula is C23H25N5O3. The lowest BCUT2D eigenvalue weighted by Crippen LogP contribution is -2.24. The van der Waals surface area contributed by atoms with Crippen LogP contribution in [0.4, 0.5) is 5.69 Å². The number of methoxy groups -OCH3 is 2. The maximum Gasteiger partial charge on any atom is 0.260 e. The quantitative estimate of drug-likeness (QED) is 0.607. The Morgan fingerprint density at radius 1 is 1.10 bits per heavy atom. The van der Waals surface area contributed by atoms with Gasteiger partial charge in [0.2, 0.25) is 0 Å². The fourth-order valence-corrected chi connectivity index (χ4v) is 3.80. The number of amides is 1. The Labute approximate surface area is 181 Å². The molecule has 160 valence electrons. The Hall–Kier alpha value is -3.52. The van der Waals surface area contributed by atoms with Crippen LogP contribution < -0.4 is 14.4 Å². The van der Waals surface area contributed by atoms with Crippen LogP contribution in [-0.2, 0) is 13.1 Å². The molecule has 0 bridgehead atoms. The van der Waals surface area contributed by atoms with Crippen LogP contribution in [0, 0.1) is 6.92 Å². The van der Waals surface area contributed by atoms with Gasteiger partial charge in [0.15, 0.2) is 5.75 Å². The van der Waals surface area contributed by atoms with Gasteiger partial charge < -0.3 is 19.3 Å². The lowest BCUT2D eigenvalue weighted by molar-refractivity contribution is 0.0996. The van der Waals surface area contributed by atoms with Crippen LogP contribution in [0.3, 0.4) is 0 Å². The SMILES string of the molecule is COc1cc(-c2cc(C)c3c(n2)CN(c2cncc(CN(C)C)c2)C3=O)cnc1OC. The Morgan fingerprint density at radius 3 is 2.61 bits per heavy atom. The molecule has 1 amide bonds. The van der Waals surface area contributed by atoms with Crippen LogP contribution in [0.5, 0.6) is 11.6 Å². The van der Waals surface area contributed by atoms with Gasteiger partial charge in [-0.1, -0.05) is 0 Å². The molecule has 8 nitrogen and oxygen atoms in total. The van der Waals surface area contributed by atoms with E-state index in [1.165, 1.54) is 0 Å². The highest BCUT2D eigenvalue weighted by atomic mass is 16.5. The number of rotatable bonds is 6. The summed E-state index contributed by atoms with van der Waals surface area (Å²) in [5.41, 5.74) is 5.62. The molecular weight excluding hydrogens is 394 g/mol. The average molecular weight is 419 g/mol. The summed E-state index contributed by atoms with van der Waals surface area (Å²) in [4.78, 5) is 30.4. The van der Waals surface area contributed by atoms with E-state index in [2.05, 4.69) is 14.9 Å². The molecule has 0 atom stereocenters. The van der Waals surface area contributed by atoms with Crippen molar-refractivity contribution in [1.82, 2.24) is 19.9 Å². The first kappa shape index (κ1) is 20.7. The number of hydrogen-bond donors (Lipinski definition) is 0. The van der Waals surface area contributed by atoms with Gasteiger partial charge in [0.1, 0.15) is 0 Å². The molecule has 0 N–H and O–H groups in total. The Morgan fingerprint density at radius 2 is 1.90 bits per heavy atom. The van der Waals surface area contributed by atoms with E-state index < -0.39 is 0 Å². The third kappa shape index (κ3) is 3.94. The predicted octanol–water partition coefficient (Wildman–Crippen LogP) is 3.09. The summed E-state index contributed by atoms with van der Waals surface area (Å²) in [6, 6.07) is 5.75. The normalized spacial score (nSPS) is 13.0. The lowest BCUT2D eigenvalue weighted by atomic mass is 10.0. The topological polar surface area (TPSA) is 80.7 Å². The van der Waals surface area contributed by atoms with E-state index in [1.807, 2.05) is 45.4 Å². The molecule has 1 aliphatic heterocycles. The number of pyridine rings is 3. The van der Waals surface area contributed by atoms with Crippen molar-refractivity contribution in [3.63, 3.8) is 0 Å². The van der Waals surface area contributed by atoms with E-state index in [1.54, 1.807) is 31.5 Å². The third-order valence-corrected chi connectivity index (χ3v) is 5.18. The molecule has 0 aliphatic carbocycles. The number of anilines is 1. The average Bonchev–Trinajstić information content (AvgIpc) is 3.09. The van der Waals surface area contributed by atoms with E-state index >= 15 is 0 Å². The molecule has 4 rings (SSSR count). The van der Waals surface area contributed by atoms with Crippen LogP contribution in [0.15, 0.2) is 36.8 Å². The van der Waals surface area contributed by atoms with E-state index in [0.29, 0.717) is 23.7 Å². The standard InChI is InChI=1S/C23H25N5O3/c1-14-6-18(16-8-20(30-4)22(31-5)25-10-16)26-19-13-28(23(29)21(14)19)17-7-15(9-24-11-17)12-27(2)3/h6-11H,12-13H2,1-5H3. The van der Waals surface area contributed by atoms with Gasteiger partial charge in [-0.25, -0.2) is 4.98 Å². The van der Waals surface area contributed by atoms with Gasteiger partial charge in [0.25, 0.3) is 11.8 Å². The van der Waals surface area contributed by atoms with Gasteiger partial charge in [-0.05, 0) is 50.3 Å². The van der Waals surface area contributed by atoms with Crippen molar-refractivity contribution >= 4 is 11.6 Å². The summed E-state index contributed by atoms with van der Waals surface area (Å²) >= 11 is 0. The first-order valence-electron chi connectivity index (χ1n) is 9.90. The van der Waals surface area contributed by atoms with Gasteiger partial charge in [0.05, 0.1) is 49.6 Å². The Kier molecular flexibility index (Phi) is 5.56. The largest absolute Gasteiger partial charge is 0.491 e. The summed E-state index contributed by atoms with van der Waals surface area (Å²) in [6.07, 6.45) is 5.24. The van der Waals surface area contributed by atoms with E-state index in [9.17, 15) is 4.79 Å². The van der Waals surface area contributed by atoms with Gasteiger partial charge in [0, 0.05) is 24.5 Å². The van der Waals surface area contributed by atoms with Crippen molar-refractivity contribution in [2.45, 2.75) is 20.0 Å². The second-order valence-electron chi connectivity index (χ2n) is 7.76. The molecule has 3 aromatic heterocycles. The second kappa shape index (κ2) is 8.31. The number of aryl methyl sites for hydroxylation is 1.